The van der Waals surface area contributed by atoms with E-state index in [9.17, 15) is 31.1 Å². The number of carbonyl (C=O) groups is 1. The molecule has 0 unspecified atom stereocenters. The van der Waals surface area contributed by atoms with Gasteiger partial charge in [-0.15, -0.1) is 0 Å². The van der Waals surface area contributed by atoms with Crippen molar-refractivity contribution >= 4 is 5.97 Å². The number of alkyl halides is 6. The highest BCUT2D eigenvalue weighted by atomic mass is 19.4. The first-order valence-electron chi connectivity index (χ1n) is 8.85. The van der Waals surface area contributed by atoms with Gasteiger partial charge in [-0.3, -0.25) is 0 Å². The number of carbonyl (C=O) groups excluding carboxylic acids is 1. The van der Waals surface area contributed by atoms with Gasteiger partial charge >= 0.3 is 23.9 Å². The Bertz CT molecular complexity index is 678. The topological polar surface area (TPSA) is 46.5 Å². The van der Waals surface area contributed by atoms with Gasteiger partial charge in [0.25, 0.3) is 0 Å². The van der Waals surface area contributed by atoms with Crippen molar-refractivity contribution in [2.45, 2.75) is 72.0 Å². The molecule has 0 heterocycles. The number of hydrogen-bond donors (Lipinski definition) is 1. The normalized spacial score (nSPS) is 14.3. The van der Waals surface area contributed by atoms with Crippen LogP contribution in [0.15, 0.2) is 24.3 Å². The van der Waals surface area contributed by atoms with Crippen LogP contribution in [0.3, 0.4) is 0 Å². The Morgan fingerprint density at radius 2 is 1.24 bits per heavy atom. The summed E-state index contributed by atoms with van der Waals surface area (Å²) in [5, 5.41) is 9.00. The van der Waals surface area contributed by atoms with Gasteiger partial charge in [-0.25, -0.2) is 4.79 Å². The first kappa shape index (κ1) is 25.3. The Morgan fingerprint density at radius 1 is 0.862 bits per heavy atom. The monoisotopic (exact) mass is 428 g/mol. The Morgan fingerprint density at radius 3 is 1.55 bits per heavy atom. The molecule has 166 valence electrons. The summed E-state index contributed by atoms with van der Waals surface area (Å²) in [6, 6.07) is 6.33. The van der Waals surface area contributed by atoms with E-state index in [1.165, 1.54) is 12.1 Å². The molecule has 0 aliphatic heterocycles. The Hall–Kier alpha value is -1.77. The summed E-state index contributed by atoms with van der Waals surface area (Å²) in [5.41, 5.74) is -4.68. The molecule has 0 aliphatic carbocycles. The van der Waals surface area contributed by atoms with Gasteiger partial charge in [-0.2, -0.15) is 26.3 Å². The maximum absolute atomic E-state index is 12.7. The standard InChI is InChI=1S/C20H26F6O3/c1-16(2,3)14(17(4,5)6)13-9-7-12(8-10-13)11-29-15(27)18(28,19(21,22)23)20(24,25)26/h7-10,14,28H,11H2,1-6H3. The van der Waals surface area contributed by atoms with Crippen LogP contribution in [0.5, 0.6) is 0 Å². The van der Waals surface area contributed by atoms with Crippen molar-refractivity contribution in [2.24, 2.45) is 10.8 Å². The molecule has 0 saturated carbocycles. The zero-order valence-electron chi connectivity index (χ0n) is 17.1. The first-order chi connectivity index (χ1) is 12.7. The number of hydrogen-bond acceptors (Lipinski definition) is 3. The van der Waals surface area contributed by atoms with E-state index in [0.29, 0.717) is 0 Å². The van der Waals surface area contributed by atoms with Gasteiger partial charge in [0.05, 0.1) is 0 Å². The highest BCUT2D eigenvalue weighted by molar-refractivity contribution is 5.81. The molecule has 3 nitrogen and oxygen atoms in total. The Kier molecular flexibility index (Phi) is 6.81. The van der Waals surface area contributed by atoms with Gasteiger partial charge in [-0.05, 0) is 27.9 Å². The highest BCUT2D eigenvalue weighted by Gasteiger charge is 2.76. The van der Waals surface area contributed by atoms with Crippen LogP contribution in [-0.2, 0) is 16.1 Å². The van der Waals surface area contributed by atoms with E-state index in [0.717, 1.165) is 5.56 Å². The molecule has 0 amide bonds. The molecule has 0 bridgehead atoms. The molecule has 0 saturated heterocycles. The second-order valence-electron chi connectivity index (χ2n) is 9.19. The largest absolute Gasteiger partial charge is 0.458 e. The van der Waals surface area contributed by atoms with Crippen LogP contribution in [0.25, 0.3) is 0 Å². The van der Waals surface area contributed by atoms with Gasteiger partial charge in [0.1, 0.15) is 6.61 Å². The molecule has 1 aromatic carbocycles. The minimum atomic E-state index is -6.27. The molecular formula is C20H26F6O3. The predicted molar refractivity (Wildman–Crippen MR) is 94.9 cm³/mol. The van der Waals surface area contributed by atoms with E-state index < -0.39 is 30.5 Å². The SMILES string of the molecule is CC(C)(C)C(c1ccc(COC(=O)C(O)(C(F)(F)F)C(F)(F)F)cc1)C(C)(C)C. The molecule has 1 rings (SSSR count). The van der Waals surface area contributed by atoms with Crippen LogP contribution in [-0.4, -0.2) is 29.0 Å². The Balaban J connectivity index is 3.04. The minimum absolute atomic E-state index is 0.104. The van der Waals surface area contributed by atoms with Gasteiger partial charge in [0.2, 0.25) is 0 Å². The Labute approximate surface area is 166 Å². The van der Waals surface area contributed by atoms with E-state index in [4.69, 9.17) is 5.11 Å². The molecule has 0 aliphatic rings. The van der Waals surface area contributed by atoms with E-state index >= 15 is 0 Å². The summed E-state index contributed by atoms with van der Waals surface area (Å²) in [6.07, 6.45) is -12.5. The summed E-state index contributed by atoms with van der Waals surface area (Å²) < 4.78 is 80.2. The van der Waals surface area contributed by atoms with Gasteiger partial charge in [0, 0.05) is 0 Å². The van der Waals surface area contributed by atoms with Crippen molar-refractivity contribution in [3.05, 3.63) is 35.4 Å². The molecule has 0 radical (unpaired) electrons. The molecule has 0 atom stereocenters. The van der Waals surface area contributed by atoms with E-state index in [1.807, 2.05) is 0 Å². The number of aliphatic hydroxyl groups is 1. The van der Waals surface area contributed by atoms with E-state index in [2.05, 4.69) is 46.3 Å². The van der Waals surface area contributed by atoms with Crippen LogP contribution in [0, 0.1) is 10.8 Å². The third-order valence-electron chi connectivity index (χ3n) is 4.53. The number of benzene rings is 1. The maximum Gasteiger partial charge on any atom is 0.437 e. The lowest BCUT2D eigenvalue weighted by molar-refractivity contribution is -0.357. The molecule has 1 N–H and O–H groups in total. The lowest BCUT2D eigenvalue weighted by Gasteiger charge is -2.41. The third-order valence-corrected chi connectivity index (χ3v) is 4.53. The average molecular weight is 428 g/mol. The van der Waals surface area contributed by atoms with Gasteiger partial charge in [-0.1, -0.05) is 65.8 Å². The van der Waals surface area contributed by atoms with Crippen LogP contribution in [0.4, 0.5) is 26.3 Å². The summed E-state index contributed by atoms with van der Waals surface area (Å²) in [5.74, 6) is -2.71. The molecule has 1 aromatic rings. The quantitative estimate of drug-likeness (QED) is 0.490. The fourth-order valence-corrected chi connectivity index (χ4v) is 3.75. The molecule has 0 fully saturated rings. The number of halogens is 6. The second kappa shape index (κ2) is 7.81. The summed E-state index contributed by atoms with van der Waals surface area (Å²) in [4.78, 5) is 11.5. The lowest BCUT2D eigenvalue weighted by atomic mass is 9.63. The molecule has 0 aromatic heterocycles. The first-order valence-corrected chi connectivity index (χ1v) is 8.85. The summed E-state index contributed by atoms with van der Waals surface area (Å²) in [7, 11) is 0. The van der Waals surface area contributed by atoms with Crippen LogP contribution in [0.1, 0.15) is 58.6 Å². The lowest BCUT2D eigenvalue weighted by Crippen LogP contribution is -2.62. The minimum Gasteiger partial charge on any atom is -0.458 e. The molecule has 29 heavy (non-hydrogen) atoms. The average Bonchev–Trinajstić information content (AvgIpc) is 2.48. The number of ether oxygens (including phenoxy) is 1. The summed E-state index contributed by atoms with van der Waals surface area (Å²) >= 11 is 0. The van der Waals surface area contributed by atoms with Crippen molar-refractivity contribution in [1.82, 2.24) is 0 Å². The fourth-order valence-electron chi connectivity index (χ4n) is 3.75. The zero-order chi connectivity index (χ0) is 23.1. The van der Waals surface area contributed by atoms with Crippen LogP contribution < -0.4 is 0 Å². The molecule has 0 spiro atoms. The van der Waals surface area contributed by atoms with Crippen LogP contribution >= 0.6 is 0 Å². The number of esters is 1. The van der Waals surface area contributed by atoms with Crippen molar-refractivity contribution in [2.75, 3.05) is 0 Å². The smallest absolute Gasteiger partial charge is 0.437 e. The number of rotatable bonds is 4. The second-order valence-corrected chi connectivity index (χ2v) is 9.19. The zero-order valence-corrected chi connectivity index (χ0v) is 17.1. The predicted octanol–water partition coefficient (Wildman–Crippen LogP) is 5.76. The van der Waals surface area contributed by atoms with Crippen molar-refractivity contribution < 1.29 is 41.0 Å². The van der Waals surface area contributed by atoms with Gasteiger partial charge < -0.3 is 9.84 Å². The molecular weight excluding hydrogens is 402 g/mol. The van der Waals surface area contributed by atoms with Crippen LogP contribution in [0.2, 0.25) is 0 Å². The van der Waals surface area contributed by atoms with Crippen molar-refractivity contribution in [3.8, 4) is 0 Å². The van der Waals surface area contributed by atoms with Gasteiger partial charge in [0.15, 0.2) is 0 Å². The third kappa shape index (κ3) is 5.43. The summed E-state index contributed by atoms with van der Waals surface area (Å²) in [6.45, 7) is 11.5. The van der Waals surface area contributed by atoms with Crippen molar-refractivity contribution in [3.63, 3.8) is 0 Å². The highest BCUT2D eigenvalue weighted by Crippen LogP contribution is 2.47. The maximum atomic E-state index is 12.7. The molecule has 9 heteroatoms. The van der Waals surface area contributed by atoms with E-state index in [-0.39, 0.29) is 22.3 Å². The van der Waals surface area contributed by atoms with E-state index in [1.54, 1.807) is 12.1 Å². The van der Waals surface area contributed by atoms with Crippen molar-refractivity contribution in [1.29, 1.82) is 0 Å². The fraction of sp³-hybridized carbons (Fsp3) is 0.650.